The summed E-state index contributed by atoms with van der Waals surface area (Å²) >= 11 is 0. The number of aryl methyl sites for hydroxylation is 2. The van der Waals surface area contributed by atoms with Crippen LogP contribution in [-0.2, 0) is 23.9 Å². The molecular weight excluding hydrogens is 322 g/mol. The molecule has 1 saturated heterocycles. The number of esters is 2. The predicted octanol–water partition coefficient (Wildman–Crippen LogP) is 1.98. The average molecular weight is 343 g/mol. The molecular formula is C19H21NO5. The lowest BCUT2D eigenvalue weighted by Crippen LogP contribution is -2.34. The fraction of sp³-hybridized carbons (Fsp3) is 0.526. The smallest absolute Gasteiger partial charge is 0.310 e. The summed E-state index contributed by atoms with van der Waals surface area (Å²) in [5.41, 5.74) is 2.77. The summed E-state index contributed by atoms with van der Waals surface area (Å²) in [7, 11) is 0. The Morgan fingerprint density at radius 2 is 1.92 bits per heavy atom. The van der Waals surface area contributed by atoms with Gasteiger partial charge < -0.3 is 14.8 Å². The first kappa shape index (κ1) is 16.1. The zero-order valence-electron chi connectivity index (χ0n) is 14.3. The van der Waals surface area contributed by atoms with Crippen molar-refractivity contribution in [2.24, 2.45) is 23.7 Å². The second kappa shape index (κ2) is 5.86. The van der Waals surface area contributed by atoms with Crippen LogP contribution in [0.3, 0.4) is 0 Å². The van der Waals surface area contributed by atoms with Crippen LogP contribution < -0.4 is 5.32 Å². The maximum atomic E-state index is 12.4. The molecule has 4 rings (SSSR count). The molecule has 3 fully saturated rings. The van der Waals surface area contributed by atoms with Crippen LogP contribution in [0, 0.1) is 37.5 Å². The minimum atomic E-state index is -0.453. The molecule has 1 aromatic rings. The largest absolute Gasteiger partial charge is 0.462 e. The van der Waals surface area contributed by atoms with Crippen molar-refractivity contribution in [3.8, 4) is 0 Å². The van der Waals surface area contributed by atoms with Crippen LogP contribution in [0.15, 0.2) is 18.2 Å². The van der Waals surface area contributed by atoms with E-state index in [9.17, 15) is 14.4 Å². The van der Waals surface area contributed by atoms with Crippen LogP contribution in [0.25, 0.3) is 0 Å². The van der Waals surface area contributed by atoms with Gasteiger partial charge in [-0.05, 0) is 55.9 Å². The van der Waals surface area contributed by atoms with Crippen molar-refractivity contribution in [2.45, 2.75) is 32.8 Å². The van der Waals surface area contributed by atoms with Gasteiger partial charge in [0.25, 0.3) is 5.91 Å². The van der Waals surface area contributed by atoms with Crippen molar-refractivity contribution in [3.63, 3.8) is 0 Å². The number of nitrogens with one attached hydrogen (secondary N) is 1. The van der Waals surface area contributed by atoms with Gasteiger partial charge in [-0.25, -0.2) is 0 Å². The summed E-state index contributed by atoms with van der Waals surface area (Å²) in [5.74, 6) is -1.65. The van der Waals surface area contributed by atoms with E-state index in [1.165, 1.54) is 0 Å². The third-order valence-corrected chi connectivity index (χ3v) is 5.61. The van der Waals surface area contributed by atoms with Gasteiger partial charge in [0.1, 0.15) is 6.10 Å². The quantitative estimate of drug-likeness (QED) is 0.846. The van der Waals surface area contributed by atoms with Crippen LogP contribution in [0.4, 0.5) is 5.69 Å². The molecule has 1 aliphatic heterocycles. The molecule has 6 heteroatoms. The van der Waals surface area contributed by atoms with E-state index in [0.717, 1.165) is 24.0 Å². The lowest BCUT2D eigenvalue weighted by molar-refractivity contribution is -0.157. The summed E-state index contributed by atoms with van der Waals surface area (Å²) in [4.78, 5) is 36.4. The van der Waals surface area contributed by atoms with Gasteiger partial charge in [0.2, 0.25) is 0 Å². The Morgan fingerprint density at radius 3 is 2.64 bits per heavy atom. The molecule has 0 aromatic heterocycles. The fourth-order valence-corrected chi connectivity index (χ4v) is 4.80. The highest BCUT2D eigenvalue weighted by molar-refractivity contribution is 5.93. The number of ether oxygens (including phenoxy) is 2. The fourth-order valence-electron chi connectivity index (χ4n) is 4.80. The van der Waals surface area contributed by atoms with E-state index >= 15 is 0 Å². The minimum Gasteiger partial charge on any atom is -0.462 e. The van der Waals surface area contributed by atoms with Gasteiger partial charge in [-0.1, -0.05) is 6.07 Å². The number of carbonyl (C=O) groups is 3. The Hall–Kier alpha value is -2.37. The molecule has 2 saturated carbocycles. The van der Waals surface area contributed by atoms with Crippen molar-refractivity contribution < 1.29 is 23.9 Å². The van der Waals surface area contributed by atoms with E-state index in [0.29, 0.717) is 5.69 Å². The molecule has 2 bridgehead atoms. The summed E-state index contributed by atoms with van der Waals surface area (Å²) in [6.45, 7) is 3.56. The molecule has 5 unspecified atom stereocenters. The molecule has 1 N–H and O–H groups in total. The van der Waals surface area contributed by atoms with Crippen LogP contribution in [-0.4, -0.2) is 30.6 Å². The highest BCUT2D eigenvalue weighted by atomic mass is 16.6. The molecule has 3 aliphatic rings. The second-order valence-electron chi connectivity index (χ2n) is 7.45. The third kappa shape index (κ3) is 2.79. The van der Waals surface area contributed by atoms with Gasteiger partial charge in [0, 0.05) is 11.6 Å². The van der Waals surface area contributed by atoms with Gasteiger partial charge in [0.15, 0.2) is 6.61 Å². The number of benzene rings is 1. The van der Waals surface area contributed by atoms with E-state index in [4.69, 9.17) is 9.47 Å². The molecule has 132 valence electrons. The van der Waals surface area contributed by atoms with Gasteiger partial charge in [-0.15, -0.1) is 0 Å². The average Bonchev–Trinajstić information content (AvgIpc) is 3.13. The number of carbonyl (C=O) groups excluding carboxylic acids is 3. The maximum Gasteiger partial charge on any atom is 0.310 e. The third-order valence-electron chi connectivity index (χ3n) is 5.61. The van der Waals surface area contributed by atoms with Gasteiger partial charge in [0.05, 0.1) is 11.8 Å². The van der Waals surface area contributed by atoms with E-state index in [1.807, 2.05) is 32.0 Å². The zero-order chi connectivity index (χ0) is 17.7. The Morgan fingerprint density at radius 1 is 1.20 bits per heavy atom. The predicted molar refractivity (Wildman–Crippen MR) is 88.6 cm³/mol. The Bertz CT molecular complexity index is 736. The molecule has 0 radical (unpaired) electrons. The molecule has 1 aromatic carbocycles. The molecule has 25 heavy (non-hydrogen) atoms. The van der Waals surface area contributed by atoms with Crippen molar-refractivity contribution in [1.29, 1.82) is 0 Å². The Balaban J connectivity index is 1.34. The van der Waals surface area contributed by atoms with E-state index in [1.54, 1.807) is 0 Å². The SMILES string of the molecule is Cc1cc(C)cc(NC(=O)COC(=O)C2C3CC4OC(=O)C2C4C3)c1. The first-order valence-corrected chi connectivity index (χ1v) is 8.67. The minimum absolute atomic E-state index is 0.0144. The van der Waals surface area contributed by atoms with E-state index in [2.05, 4.69) is 5.32 Å². The number of amides is 1. The zero-order valence-corrected chi connectivity index (χ0v) is 14.3. The van der Waals surface area contributed by atoms with Crippen LogP contribution in [0.2, 0.25) is 0 Å². The summed E-state index contributed by atoms with van der Waals surface area (Å²) < 4.78 is 10.5. The van der Waals surface area contributed by atoms with Crippen molar-refractivity contribution in [3.05, 3.63) is 29.3 Å². The number of hydrogen-bond acceptors (Lipinski definition) is 5. The Labute approximate surface area is 145 Å². The van der Waals surface area contributed by atoms with Crippen molar-refractivity contribution in [1.82, 2.24) is 0 Å². The highest BCUT2D eigenvalue weighted by Crippen LogP contribution is 2.57. The van der Waals surface area contributed by atoms with Crippen molar-refractivity contribution in [2.75, 3.05) is 11.9 Å². The van der Waals surface area contributed by atoms with Gasteiger partial charge in [-0.3, -0.25) is 14.4 Å². The first-order valence-electron chi connectivity index (χ1n) is 8.67. The van der Waals surface area contributed by atoms with Crippen LogP contribution in [0.1, 0.15) is 24.0 Å². The highest BCUT2D eigenvalue weighted by Gasteiger charge is 2.64. The van der Waals surface area contributed by atoms with Gasteiger partial charge in [-0.2, -0.15) is 0 Å². The molecule has 5 atom stereocenters. The lowest BCUT2D eigenvalue weighted by Gasteiger charge is -2.22. The summed E-state index contributed by atoms with van der Waals surface area (Å²) in [5, 5.41) is 2.74. The first-order chi connectivity index (χ1) is 11.9. The topological polar surface area (TPSA) is 81.7 Å². The van der Waals surface area contributed by atoms with Crippen molar-refractivity contribution >= 4 is 23.5 Å². The van der Waals surface area contributed by atoms with Crippen LogP contribution >= 0.6 is 0 Å². The summed E-state index contributed by atoms with van der Waals surface area (Å²) in [6, 6.07) is 5.73. The summed E-state index contributed by atoms with van der Waals surface area (Å²) in [6.07, 6.45) is 1.57. The normalized spacial score (nSPS) is 31.8. The number of anilines is 1. The molecule has 6 nitrogen and oxygen atoms in total. The maximum absolute atomic E-state index is 12.4. The molecule has 0 spiro atoms. The lowest BCUT2D eigenvalue weighted by atomic mass is 9.80. The second-order valence-corrected chi connectivity index (χ2v) is 7.45. The van der Waals surface area contributed by atoms with Gasteiger partial charge >= 0.3 is 11.9 Å². The van der Waals surface area contributed by atoms with E-state index in [-0.39, 0.29) is 42.3 Å². The molecule has 1 amide bonds. The van der Waals surface area contributed by atoms with Crippen LogP contribution in [0.5, 0.6) is 0 Å². The number of hydrogen-bond donors (Lipinski definition) is 1. The molecule has 1 heterocycles. The Kier molecular flexibility index (Phi) is 3.78. The standard InChI is InChI=1S/C19H21NO5/c1-9-3-10(2)5-12(4-9)20-15(21)8-24-18(22)16-11-6-13-14(7-11)25-19(23)17(13)16/h3-5,11,13-14,16-17H,6-8H2,1-2H3,(H,20,21). The molecule has 2 aliphatic carbocycles. The number of fused-ring (bicyclic) bond motifs is 1. The number of rotatable bonds is 4. The van der Waals surface area contributed by atoms with E-state index < -0.39 is 11.9 Å². The monoisotopic (exact) mass is 343 g/mol.